The second-order valence-electron chi connectivity index (χ2n) is 9.58. The average Bonchev–Trinajstić information content (AvgIpc) is 2.92. The second-order valence-corrected chi connectivity index (χ2v) is 9.58. The molecule has 2 fully saturated rings. The van der Waals surface area contributed by atoms with Crippen LogP contribution in [-0.2, 0) is 9.47 Å². The molecule has 0 spiro atoms. The maximum absolute atomic E-state index is 10.3. The van der Waals surface area contributed by atoms with Crippen molar-refractivity contribution in [3.8, 4) is 11.3 Å². The fourth-order valence-electron chi connectivity index (χ4n) is 4.71. The molecule has 2 N–H and O–H groups in total. The summed E-state index contributed by atoms with van der Waals surface area (Å²) in [6, 6.07) is 9.98. The van der Waals surface area contributed by atoms with Crippen LogP contribution >= 0.6 is 0 Å². The third-order valence-corrected chi connectivity index (χ3v) is 6.40. The summed E-state index contributed by atoms with van der Waals surface area (Å²) in [5, 5.41) is 20.6. The zero-order chi connectivity index (χ0) is 25.8. The molecule has 0 bridgehead atoms. The van der Waals surface area contributed by atoms with E-state index in [-0.39, 0.29) is 13.1 Å². The number of anilines is 3. The molecule has 2 unspecified atom stereocenters. The number of hydrogen-bond acceptors (Lipinski definition) is 11. The first-order valence-corrected chi connectivity index (χ1v) is 12.9. The van der Waals surface area contributed by atoms with E-state index in [9.17, 15) is 10.2 Å². The maximum atomic E-state index is 10.3. The summed E-state index contributed by atoms with van der Waals surface area (Å²) in [4.78, 5) is 26.2. The molecule has 3 aromatic rings. The lowest BCUT2D eigenvalue weighted by Gasteiger charge is -2.32. The molecule has 2 atom stereocenters. The predicted octanol–water partition coefficient (Wildman–Crippen LogP) is 1.33. The minimum absolute atomic E-state index is 0.285. The van der Waals surface area contributed by atoms with Crippen LogP contribution in [0.4, 0.5) is 17.6 Å². The van der Waals surface area contributed by atoms with Gasteiger partial charge in [0.05, 0.1) is 38.6 Å². The number of rotatable bonds is 8. The first-order valence-electron chi connectivity index (χ1n) is 12.9. The summed E-state index contributed by atoms with van der Waals surface area (Å²) < 4.78 is 11.1. The van der Waals surface area contributed by atoms with Crippen molar-refractivity contribution < 1.29 is 19.7 Å². The Hall–Kier alpha value is -3.12. The van der Waals surface area contributed by atoms with Crippen LogP contribution < -0.4 is 14.7 Å². The molecule has 1 aromatic carbocycles. The van der Waals surface area contributed by atoms with Gasteiger partial charge in [0, 0.05) is 44.8 Å². The van der Waals surface area contributed by atoms with Crippen molar-refractivity contribution in [2.45, 2.75) is 26.1 Å². The highest BCUT2D eigenvalue weighted by atomic mass is 16.5. The van der Waals surface area contributed by atoms with Crippen LogP contribution in [0.1, 0.15) is 13.8 Å². The van der Waals surface area contributed by atoms with Crippen molar-refractivity contribution in [1.29, 1.82) is 0 Å². The van der Waals surface area contributed by atoms with Crippen molar-refractivity contribution >= 4 is 28.7 Å². The number of ether oxygens (including phenoxy) is 2. The van der Waals surface area contributed by atoms with E-state index in [2.05, 4.69) is 9.80 Å². The average molecular weight is 510 g/mol. The van der Waals surface area contributed by atoms with Gasteiger partial charge < -0.3 is 34.4 Å². The molecule has 4 heterocycles. The second kappa shape index (κ2) is 11.5. The van der Waals surface area contributed by atoms with Gasteiger partial charge in [0.1, 0.15) is 5.69 Å². The summed E-state index contributed by atoms with van der Waals surface area (Å²) in [5.41, 5.74) is 2.70. The van der Waals surface area contributed by atoms with Crippen LogP contribution in [0.15, 0.2) is 30.3 Å². The minimum Gasteiger partial charge on any atom is -0.392 e. The lowest BCUT2D eigenvalue weighted by Crippen LogP contribution is -2.40. The number of aliphatic hydroxyl groups excluding tert-OH is 2. The third-order valence-electron chi connectivity index (χ3n) is 6.40. The Balaban J connectivity index is 1.73. The van der Waals surface area contributed by atoms with Gasteiger partial charge in [-0.1, -0.05) is 30.3 Å². The van der Waals surface area contributed by atoms with Gasteiger partial charge in [-0.15, -0.1) is 0 Å². The van der Waals surface area contributed by atoms with E-state index in [1.54, 1.807) is 13.8 Å². The number of aromatic nitrogens is 4. The molecule has 0 aliphatic carbocycles. The number of fused-ring (bicyclic) bond motifs is 1. The van der Waals surface area contributed by atoms with E-state index < -0.39 is 12.2 Å². The first-order chi connectivity index (χ1) is 18.0. The van der Waals surface area contributed by atoms with Crippen molar-refractivity contribution in [2.75, 3.05) is 80.4 Å². The normalized spacial score (nSPS) is 18.2. The van der Waals surface area contributed by atoms with Gasteiger partial charge >= 0.3 is 0 Å². The molecule has 2 aliphatic rings. The van der Waals surface area contributed by atoms with Gasteiger partial charge in [-0.05, 0) is 13.8 Å². The molecule has 198 valence electrons. The molecule has 5 rings (SSSR count). The lowest BCUT2D eigenvalue weighted by molar-refractivity contribution is 0.122. The monoisotopic (exact) mass is 509 g/mol. The summed E-state index contributed by atoms with van der Waals surface area (Å²) in [6.45, 7) is 9.22. The molecule has 0 saturated carbocycles. The molecule has 0 radical (unpaired) electrons. The van der Waals surface area contributed by atoms with Crippen LogP contribution in [0.3, 0.4) is 0 Å². The van der Waals surface area contributed by atoms with Gasteiger partial charge in [-0.3, -0.25) is 0 Å². The molecular formula is C26H35N7O4. The molecular weight excluding hydrogens is 474 g/mol. The summed E-state index contributed by atoms with van der Waals surface area (Å²) in [7, 11) is 0. The largest absolute Gasteiger partial charge is 0.392 e. The van der Waals surface area contributed by atoms with Crippen molar-refractivity contribution in [1.82, 2.24) is 19.9 Å². The van der Waals surface area contributed by atoms with Crippen LogP contribution in [-0.4, -0.2) is 108 Å². The van der Waals surface area contributed by atoms with Crippen molar-refractivity contribution in [2.24, 2.45) is 0 Å². The van der Waals surface area contributed by atoms with Gasteiger partial charge in [-0.2, -0.15) is 9.97 Å². The molecule has 37 heavy (non-hydrogen) atoms. The molecule has 2 aromatic heterocycles. The number of hydrogen-bond donors (Lipinski definition) is 2. The van der Waals surface area contributed by atoms with E-state index in [1.165, 1.54) is 0 Å². The van der Waals surface area contributed by atoms with Gasteiger partial charge in [0.15, 0.2) is 22.8 Å². The van der Waals surface area contributed by atoms with E-state index in [0.717, 1.165) is 17.1 Å². The Morgan fingerprint density at radius 2 is 1.41 bits per heavy atom. The molecule has 2 saturated heterocycles. The molecule has 2 aliphatic heterocycles. The SMILES string of the molecule is CC(O)CN(CC(C)O)c1nc(N2CCOCC2)nc2nc(N3CCOCC3)c(-c3ccccc3)nc12. The minimum atomic E-state index is -0.634. The Labute approximate surface area is 216 Å². The Morgan fingerprint density at radius 3 is 2.00 bits per heavy atom. The number of morpholine rings is 2. The predicted molar refractivity (Wildman–Crippen MR) is 142 cm³/mol. The van der Waals surface area contributed by atoms with Gasteiger partial charge in [-0.25, -0.2) is 9.97 Å². The Morgan fingerprint density at radius 1 is 0.811 bits per heavy atom. The van der Waals surface area contributed by atoms with Crippen LogP contribution in [0, 0.1) is 0 Å². The van der Waals surface area contributed by atoms with Crippen LogP contribution in [0.5, 0.6) is 0 Å². The fraction of sp³-hybridized carbons (Fsp3) is 0.538. The molecule has 11 heteroatoms. The van der Waals surface area contributed by atoms with E-state index >= 15 is 0 Å². The van der Waals surface area contributed by atoms with Crippen molar-refractivity contribution in [3.05, 3.63) is 30.3 Å². The Kier molecular flexibility index (Phi) is 7.94. The fourth-order valence-corrected chi connectivity index (χ4v) is 4.71. The smallest absolute Gasteiger partial charge is 0.229 e. The maximum Gasteiger partial charge on any atom is 0.229 e. The summed E-state index contributed by atoms with van der Waals surface area (Å²) >= 11 is 0. The standard InChI is InChI=1S/C26H35N7O4/c1-18(34)16-33(17-19(2)35)25-22-23(29-26(30-25)32-10-14-37-15-11-32)28-24(31-8-12-36-13-9-31)21(27-22)20-6-4-3-5-7-20/h3-7,18-19,34-35H,8-17H2,1-2H3. The summed E-state index contributed by atoms with van der Waals surface area (Å²) in [6.07, 6.45) is -1.27. The molecule has 11 nitrogen and oxygen atoms in total. The quantitative estimate of drug-likeness (QED) is 0.457. The van der Waals surface area contributed by atoms with E-state index in [1.807, 2.05) is 35.2 Å². The number of nitrogens with zero attached hydrogens (tertiary/aromatic N) is 7. The van der Waals surface area contributed by atoms with Gasteiger partial charge in [0.25, 0.3) is 0 Å². The molecule has 0 amide bonds. The lowest BCUT2D eigenvalue weighted by atomic mass is 10.1. The zero-order valence-electron chi connectivity index (χ0n) is 21.5. The highest BCUT2D eigenvalue weighted by Gasteiger charge is 2.26. The summed E-state index contributed by atoms with van der Waals surface area (Å²) in [5.74, 6) is 1.85. The van der Waals surface area contributed by atoms with Gasteiger partial charge in [0.2, 0.25) is 5.95 Å². The van der Waals surface area contributed by atoms with E-state index in [0.29, 0.717) is 75.5 Å². The highest BCUT2D eigenvalue weighted by molar-refractivity contribution is 5.89. The zero-order valence-corrected chi connectivity index (χ0v) is 21.5. The highest BCUT2D eigenvalue weighted by Crippen LogP contribution is 2.33. The van der Waals surface area contributed by atoms with Crippen LogP contribution in [0.25, 0.3) is 22.4 Å². The van der Waals surface area contributed by atoms with Crippen molar-refractivity contribution in [3.63, 3.8) is 0 Å². The third kappa shape index (κ3) is 5.90. The number of aliphatic hydroxyl groups is 2. The first kappa shape index (κ1) is 25.5. The van der Waals surface area contributed by atoms with E-state index in [4.69, 9.17) is 29.4 Å². The number of benzene rings is 1. The van der Waals surface area contributed by atoms with Crippen LogP contribution in [0.2, 0.25) is 0 Å². The Bertz CT molecular complexity index is 1170. The topological polar surface area (TPSA) is 120 Å².